The van der Waals surface area contributed by atoms with E-state index in [-0.39, 0.29) is 5.82 Å². The Labute approximate surface area is 112 Å². The van der Waals surface area contributed by atoms with Gasteiger partial charge in [-0.1, -0.05) is 0 Å². The average molecular weight is 312 g/mol. The maximum absolute atomic E-state index is 13.2. The quantitative estimate of drug-likeness (QED) is 0.600. The molecular weight excluding hydrogens is 301 g/mol. The van der Waals surface area contributed by atoms with Gasteiger partial charge in [-0.2, -0.15) is 0 Å². The summed E-state index contributed by atoms with van der Waals surface area (Å²) in [6.45, 7) is 1.81. The molecule has 2 rings (SSSR count). The molecule has 94 valence electrons. The molecule has 4 N–H and O–H groups in total. The highest BCUT2D eigenvalue weighted by molar-refractivity contribution is 9.10. The first-order chi connectivity index (χ1) is 8.61. The van der Waals surface area contributed by atoms with Crippen LogP contribution in [-0.4, -0.2) is 9.97 Å². The summed E-state index contributed by atoms with van der Waals surface area (Å²) in [7, 11) is 0. The molecule has 5 nitrogen and oxygen atoms in total. The SMILES string of the molecule is Cc1c(NN)ncnc1Nc1cc(F)ccc1Br. The number of rotatable bonds is 3. The van der Waals surface area contributed by atoms with Crippen molar-refractivity contribution in [3.05, 3.63) is 40.4 Å². The van der Waals surface area contributed by atoms with Crippen molar-refractivity contribution < 1.29 is 4.39 Å². The largest absolute Gasteiger partial charge is 0.339 e. The van der Waals surface area contributed by atoms with Crippen molar-refractivity contribution in [1.29, 1.82) is 0 Å². The number of hydrogen-bond donors (Lipinski definition) is 3. The molecule has 0 amide bonds. The van der Waals surface area contributed by atoms with Crippen LogP contribution in [0.5, 0.6) is 0 Å². The van der Waals surface area contributed by atoms with E-state index in [9.17, 15) is 4.39 Å². The van der Waals surface area contributed by atoms with E-state index < -0.39 is 0 Å². The van der Waals surface area contributed by atoms with E-state index in [4.69, 9.17) is 5.84 Å². The molecule has 0 aliphatic carbocycles. The van der Waals surface area contributed by atoms with Crippen molar-refractivity contribution in [2.45, 2.75) is 6.92 Å². The first-order valence-electron chi connectivity index (χ1n) is 5.12. The van der Waals surface area contributed by atoms with Gasteiger partial charge in [0, 0.05) is 10.0 Å². The van der Waals surface area contributed by atoms with Crippen molar-refractivity contribution in [1.82, 2.24) is 9.97 Å². The molecule has 0 atom stereocenters. The summed E-state index contributed by atoms with van der Waals surface area (Å²) in [4.78, 5) is 8.06. The van der Waals surface area contributed by atoms with E-state index in [1.807, 2.05) is 6.92 Å². The first-order valence-corrected chi connectivity index (χ1v) is 5.91. The molecule has 1 aromatic heterocycles. The topological polar surface area (TPSA) is 75.9 Å². The molecule has 2 aromatic rings. The third kappa shape index (κ3) is 2.57. The minimum absolute atomic E-state index is 0.329. The summed E-state index contributed by atoms with van der Waals surface area (Å²) in [6, 6.07) is 4.37. The van der Waals surface area contributed by atoms with Gasteiger partial charge < -0.3 is 10.7 Å². The van der Waals surface area contributed by atoms with Gasteiger partial charge >= 0.3 is 0 Å². The summed E-state index contributed by atoms with van der Waals surface area (Å²) in [5.74, 6) is 6.07. The lowest BCUT2D eigenvalue weighted by Gasteiger charge is -2.12. The van der Waals surface area contributed by atoms with Crippen LogP contribution in [0.4, 0.5) is 21.7 Å². The fourth-order valence-corrected chi connectivity index (χ4v) is 1.79. The molecule has 0 radical (unpaired) electrons. The average Bonchev–Trinajstić information content (AvgIpc) is 2.36. The number of nitrogens with one attached hydrogen (secondary N) is 2. The van der Waals surface area contributed by atoms with Crippen molar-refractivity contribution in [3.63, 3.8) is 0 Å². The number of halogens is 2. The number of hydrogen-bond acceptors (Lipinski definition) is 5. The lowest BCUT2D eigenvalue weighted by atomic mass is 10.2. The normalized spacial score (nSPS) is 10.2. The molecule has 0 spiro atoms. The summed E-state index contributed by atoms with van der Waals surface area (Å²) in [5, 5.41) is 3.02. The van der Waals surface area contributed by atoms with Gasteiger partial charge in [-0.05, 0) is 41.1 Å². The maximum Gasteiger partial charge on any atom is 0.148 e. The van der Waals surface area contributed by atoms with Gasteiger partial charge in [0.2, 0.25) is 0 Å². The number of anilines is 3. The molecule has 18 heavy (non-hydrogen) atoms. The monoisotopic (exact) mass is 311 g/mol. The van der Waals surface area contributed by atoms with Crippen LogP contribution in [0.25, 0.3) is 0 Å². The number of nitrogens with two attached hydrogens (primary N) is 1. The highest BCUT2D eigenvalue weighted by atomic mass is 79.9. The van der Waals surface area contributed by atoms with Gasteiger partial charge in [-0.25, -0.2) is 20.2 Å². The van der Waals surface area contributed by atoms with E-state index in [0.29, 0.717) is 17.3 Å². The van der Waals surface area contributed by atoms with Crippen LogP contribution in [0.2, 0.25) is 0 Å². The third-order valence-electron chi connectivity index (χ3n) is 2.40. The lowest BCUT2D eigenvalue weighted by molar-refractivity contribution is 0.628. The van der Waals surface area contributed by atoms with Crippen molar-refractivity contribution in [3.8, 4) is 0 Å². The van der Waals surface area contributed by atoms with E-state index in [0.717, 1.165) is 10.0 Å². The zero-order valence-corrected chi connectivity index (χ0v) is 11.1. The predicted molar refractivity (Wildman–Crippen MR) is 72.0 cm³/mol. The van der Waals surface area contributed by atoms with Crippen LogP contribution in [-0.2, 0) is 0 Å². The first kappa shape index (κ1) is 12.7. The second kappa shape index (κ2) is 5.28. The van der Waals surface area contributed by atoms with E-state index in [1.54, 1.807) is 6.07 Å². The van der Waals surface area contributed by atoms with Crippen molar-refractivity contribution >= 4 is 33.3 Å². The van der Waals surface area contributed by atoms with E-state index >= 15 is 0 Å². The Hall–Kier alpha value is -1.73. The Morgan fingerprint density at radius 3 is 2.72 bits per heavy atom. The Kier molecular flexibility index (Phi) is 3.73. The molecule has 1 heterocycles. The van der Waals surface area contributed by atoms with Crippen molar-refractivity contribution in [2.24, 2.45) is 5.84 Å². The maximum atomic E-state index is 13.2. The number of benzene rings is 1. The van der Waals surface area contributed by atoms with Crippen LogP contribution in [0.15, 0.2) is 29.0 Å². The molecule has 0 fully saturated rings. The van der Waals surface area contributed by atoms with Gasteiger partial charge in [-0.15, -0.1) is 0 Å². The van der Waals surface area contributed by atoms with Crippen molar-refractivity contribution in [2.75, 3.05) is 10.7 Å². The standard InChI is InChI=1S/C11H11BrFN5/c1-6-10(15-5-16-11(6)18-14)17-9-4-7(13)2-3-8(9)12/h2-5H,14H2,1H3,(H2,15,16,17,18). The fourth-order valence-electron chi connectivity index (χ4n) is 1.44. The molecule has 0 saturated carbocycles. The number of nitrogen functional groups attached to an aromatic ring is 1. The third-order valence-corrected chi connectivity index (χ3v) is 3.09. The minimum atomic E-state index is -0.329. The fraction of sp³-hybridized carbons (Fsp3) is 0.0909. The highest BCUT2D eigenvalue weighted by Crippen LogP contribution is 2.28. The Morgan fingerprint density at radius 1 is 1.28 bits per heavy atom. The molecule has 0 bridgehead atoms. The second-order valence-corrected chi connectivity index (χ2v) is 4.44. The van der Waals surface area contributed by atoms with Crippen LogP contribution in [0.1, 0.15) is 5.56 Å². The summed E-state index contributed by atoms with van der Waals surface area (Å²) >= 11 is 3.34. The van der Waals surface area contributed by atoms with Crippen LogP contribution in [0, 0.1) is 12.7 Å². The van der Waals surface area contributed by atoms with E-state index in [1.165, 1.54) is 18.5 Å². The van der Waals surface area contributed by atoms with Crippen LogP contribution < -0.4 is 16.6 Å². The van der Waals surface area contributed by atoms with Gasteiger partial charge in [0.15, 0.2) is 0 Å². The number of hydrazine groups is 1. The Balaban J connectivity index is 2.37. The second-order valence-electron chi connectivity index (χ2n) is 3.59. The van der Waals surface area contributed by atoms with Crippen LogP contribution >= 0.6 is 15.9 Å². The lowest BCUT2D eigenvalue weighted by Crippen LogP contribution is -2.11. The summed E-state index contributed by atoms with van der Waals surface area (Å²) in [5.41, 5.74) is 3.80. The van der Waals surface area contributed by atoms with E-state index in [2.05, 4.69) is 36.6 Å². The molecule has 0 saturated heterocycles. The highest BCUT2D eigenvalue weighted by Gasteiger charge is 2.08. The molecular formula is C11H11BrFN5. The molecule has 1 aromatic carbocycles. The smallest absolute Gasteiger partial charge is 0.148 e. The van der Waals surface area contributed by atoms with Gasteiger partial charge in [0.05, 0.1) is 5.69 Å². The summed E-state index contributed by atoms with van der Waals surface area (Å²) < 4.78 is 13.9. The Bertz CT molecular complexity index is 575. The molecule has 7 heteroatoms. The summed E-state index contributed by atoms with van der Waals surface area (Å²) in [6.07, 6.45) is 1.37. The van der Waals surface area contributed by atoms with Crippen LogP contribution in [0.3, 0.4) is 0 Å². The number of nitrogens with zero attached hydrogens (tertiary/aromatic N) is 2. The molecule has 0 aliphatic heterocycles. The van der Waals surface area contributed by atoms with Gasteiger partial charge in [-0.3, -0.25) is 0 Å². The van der Waals surface area contributed by atoms with Gasteiger partial charge in [0.25, 0.3) is 0 Å². The number of aromatic nitrogens is 2. The predicted octanol–water partition coefficient (Wildman–Crippen LogP) is 2.72. The molecule has 0 aliphatic rings. The zero-order valence-electron chi connectivity index (χ0n) is 9.54. The molecule has 0 unspecified atom stereocenters. The minimum Gasteiger partial charge on any atom is -0.339 e. The zero-order chi connectivity index (χ0) is 13.1. The van der Waals surface area contributed by atoms with Gasteiger partial charge in [0.1, 0.15) is 23.8 Å². The Morgan fingerprint density at radius 2 is 2.00 bits per heavy atom.